The molecule has 0 spiro atoms. The van der Waals surface area contributed by atoms with Crippen molar-refractivity contribution in [2.75, 3.05) is 6.54 Å². The summed E-state index contributed by atoms with van der Waals surface area (Å²) in [5.74, 6) is 5.78. The first-order valence-corrected chi connectivity index (χ1v) is 5.50. The number of hydrogen-bond donors (Lipinski definition) is 3. The van der Waals surface area contributed by atoms with Crippen molar-refractivity contribution in [3.05, 3.63) is 17.5 Å². The second-order valence-electron chi connectivity index (χ2n) is 3.01. The van der Waals surface area contributed by atoms with Gasteiger partial charge >= 0.3 is 0 Å². The van der Waals surface area contributed by atoms with E-state index in [1.165, 1.54) is 0 Å². The normalized spacial score (nSPS) is 12.5. The summed E-state index contributed by atoms with van der Waals surface area (Å²) in [4.78, 5) is 11.0. The molecule has 1 atom stereocenters. The van der Waals surface area contributed by atoms with Gasteiger partial charge in [0.05, 0.1) is 5.75 Å². The molecule has 0 aromatic carbocycles. The topological polar surface area (TPSA) is 107 Å². The first kappa shape index (κ1) is 12.0. The van der Waals surface area contributed by atoms with E-state index in [-0.39, 0.29) is 5.69 Å². The van der Waals surface area contributed by atoms with Gasteiger partial charge in [-0.15, -0.1) is 11.8 Å². The molecular formula is C8H14N4O2S. The highest BCUT2D eigenvalue weighted by Gasteiger charge is 2.11. The fraction of sp³-hybridized carbons (Fsp3) is 0.500. The Morgan fingerprint density at radius 3 is 3.13 bits per heavy atom. The largest absolute Gasteiger partial charge is 0.360 e. The SMILES string of the molecule is CC(CN)SCc1cc(C(=O)NN)no1. The molecular weight excluding hydrogens is 216 g/mol. The number of carbonyl (C=O) groups excluding carboxylic acids is 1. The maximum atomic E-state index is 11.0. The van der Waals surface area contributed by atoms with Gasteiger partial charge in [0.1, 0.15) is 5.76 Å². The number of nitrogens with zero attached hydrogens (tertiary/aromatic N) is 1. The predicted octanol–water partition coefficient (Wildman–Crippen LogP) is -0.141. The second kappa shape index (κ2) is 5.74. The molecule has 1 rings (SSSR count). The zero-order chi connectivity index (χ0) is 11.3. The van der Waals surface area contributed by atoms with E-state index in [0.717, 1.165) is 0 Å². The van der Waals surface area contributed by atoms with E-state index in [2.05, 4.69) is 5.16 Å². The Morgan fingerprint density at radius 2 is 2.53 bits per heavy atom. The van der Waals surface area contributed by atoms with Gasteiger partial charge in [-0.3, -0.25) is 10.2 Å². The number of carbonyl (C=O) groups is 1. The van der Waals surface area contributed by atoms with Crippen molar-refractivity contribution in [2.45, 2.75) is 17.9 Å². The molecule has 84 valence electrons. The minimum Gasteiger partial charge on any atom is -0.360 e. The van der Waals surface area contributed by atoms with Gasteiger partial charge in [-0.2, -0.15) is 0 Å². The van der Waals surface area contributed by atoms with Crippen molar-refractivity contribution in [1.82, 2.24) is 10.6 Å². The zero-order valence-corrected chi connectivity index (χ0v) is 9.21. The van der Waals surface area contributed by atoms with E-state index < -0.39 is 5.91 Å². The van der Waals surface area contributed by atoms with Crippen LogP contribution in [0.5, 0.6) is 0 Å². The summed E-state index contributed by atoms with van der Waals surface area (Å²) >= 11 is 1.64. The molecule has 0 aliphatic carbocycles. The number of amides is 1. The molecule has 0 aliphatic rings. The lowest BCUT2D eigenvalue weighted by Crippen LogP contribution is -2.30. The van der Waals surface area contributed by atoms with Gasteiger partial charge in [0.15, 0.2) is 5.69 Å². The first-order valence-electron chi connectivity index (χ1n) is 4.45. The standard InChI is InChI=1S/C8H14N4O2S/c1-5(3-9)15-4-6-2-7(12-14-6)8(13)11-10/h2,5H,3-4,9-10H2,1H3,(H,11,13). The molecule has 0 fully saturated rings. The van der Waals surface area contributed by atoms with E-state index in [1.807, 2.05) is 12.3 Å². The minimum absolute atomic E-state index is 0.188. The fourth-order valence-electron chi connectivity index (χ4n) is 0.854. The molecule has 0 saturated heterocycles. The fourth-order valence-corrected chi connectivity index (χ4v) is 1.58. The number of nitrogens with one attached hydrogen (secondary N) is 1. The number of nitrogen functional groups attached to an aromatic ring is 1. The predicted molar refractivity (Wildman–Crippen MR) is 58.0 cm³/mol. The van der Waals surface area contributed by atoms with Crippen molar-refractivity contribution in [3.63, 3.8) is 0 Å². The summed E-state index contributed by atoms with van der Waals surface area (Å²) in [7, 11) is 0. The lowest BCUT2D eigenvalue weighted by atomic mass is 10.4. The molecule has 5 N–H and O–H groups in total. The average molecular weight is 230 g/mol. The number of thioether (sulfide) groups is 1. The van der Waals surface area contributed by atoms with Crippen LogP contribution in [0.15, 0.2) is 10.6 Å². The van der Waals surface area contributed by atoms with Crippen molar-refractivity contribution in [2.24, 2.45) is 11.6 Å². The van der Waals surface area contributed by atoms with Gasteiger partial charge in [-0.1, -0.05) is 12.1 Å². The molecule has 0 saturated carbocycles. The third-order valence-corrected chi connectivity index (χ3v) is 2.98. The highest BCUT2D eigenvalue weighted by Crippen LogP contribution is 2.17. The van der Waals surface area contributed by atoms with Crippen molar-refractivity contribution in [3.8, 4) is 0 Å². The first-order chi connectivity index (χ1) is 7.17. The van der Waals surface area contributed by atoms with Crippen LogP contribution < -0.4 is 17.0 Å². The van der Waals surface area contributed by atoms with Crippen LogP contribution in [0, 0.1) is 0 Å². The van der Waals surface area contributed by atoms with Crippen LogP contribution in [-0.2, 0) is 5.75 Å². The van der Waals surface area contributed by atoms with Crippen LogP contribution in [0.2, 0.25) is 0 Å². The van der Waals surface area contributed by atoms with Crippen LogP contribution in [0.1, 0.15) is 23.2 Å². The quantitative estimate of drug-likeness (QED) is 0.369. The smallest absolute Gasteiger partial charge is 0.287 e. The Bertz CT molecular complexity index is 328. The molecule has 0 bridgehead atoms. The summed E-state index contributed by atoms with van der Waals surface area (Å²) in [6, 6.07) is 1.57. The molecule has 15 heavy (non-hydrogen) atoms. The van der Waals surface area contributed by atoms with Crippen LogP contribution in [-0.4, -0.2) is 22.9 Å². The van der Waals surface area contributed by atoms with Gasteiger partial charge in [0.2, 0.25) is 0 Å². The Balaban J connectivity index is 2.49. The summed E-state index contributed by atoms with van der Waals surface area (Å²) in [5.41, 5.74) is 7.63. The molecule has 0 aliphatic heterocycles. The summed E-state index contributed by atoms with van der Waals surface area (Å²) in [6.07, 6.45) is 0. The second-order valence-corrected chi connectivity index (χ2v) is 4.44. The highest BCUT2D eigenvalue weighted by atomic mass is 32.2. The van der Waals surface area contributed by atoms with Crippen molar-refractivity contribution >= 4 is 17.7 Å². The lowest BCUT2D eigenvalue weighted by Gasteiger charge is -2.04. The van der Waals surface area contributed by atoms with Gasteiger partial charge in [-0.05, 0) is 0 Å². The third-order valence-electron chi connectivity index (χ3n) is 1.76. The number of hydrazine groups is 1. The van der Waals surface area contributed by atoms with E-state index >= 15 is 0 Å². The number of aromatic nitrogens is 1. The van der Waals surface area contributed by atoms with Gasteiger partial charge in [0.25, 0.3) is 5.91 Å². The lowest BCUT2D eigenvalue weighted by molar-refractivity contribution is 0.0944. The Morgan fingerprint density at radius 1 is 1.80 bits per heavy atom. The Kier molecular flexibility index (Phi) is 4.60. The number of rotatable bonds is 5. The van der Waals surface area contributed by atoms with Gasteiger partial charge in [0, 0.05) is 17.9 Å². The van der Waals surface area contributed by atoms with Gasteiger partial charge < -0.3 is 10.3 Å². The molecule has 1 aromatic heterocycles. The monoisotopic (exact) mass is 230 g/mol. The maximum Gasteiger partial charge on any atom is 0.287 e. The summed E-state index contributed by atoms with van der Waals surface area (Å²) < 4.78 is 4.95. The molecule has 1 heterocycles. The zero-order valence-electron chi connectivity index (χ0n) is 8.40. The van der Waals surface area contributed by atoms with Gasteiger partial charge in [-0.25, -0.2) is 5.84 Å². The third kappa shape index (κ3) is 3.54. The minimum atomic E-state index is -0.457. The molecule has 1 aromatic rings. The molecule has 7 heteroatoms. The molecule has 6 nitrogen and oxygen atoms in total. The number of hydrogen-bond acceptors (Lipinski definition) is 6. The summed E-state index contributed by atoms with van der Waals surface area (Å²) in [5, 5.41) is 3.93. The summed E-state index contributed by atoms with van der Waals surface area (Å²) in [6.45, 7) is 2.63. The van der Waals surface area contributed by atoms with Crippen LogP contribution in [0.25, 0.3) is 0 Å². The van der Waals surface area contributed by atoms with Crippen LogP contribution in [0.3, 0.4) is 0 Å². The van der Waals surface area contributed by atoms with E-state index in [1.54, 1.807) is 17.8 Å². The molecule has 1 unspecified atom stereocenters. The highest BCUT2D eigenvalue weighted by molar-refractivity contribution is 7.99. The Hall–Kier alpha value is -1.05. The van der Waals surface area contributed by atoms with E-state index in [0.29, 0.717) is 23.3 Å². The maximum absolute atomic E-state index is 11.0. The van der Waals surface area contributed by atoms with Crippen molar-refractivity contribution < 1.29 is 9.32 Å². The van der Waals surface area contributed by atoms with E-state index in [4.69, 9.17) is 16.1 Å². The average Bonchev–Trinajstić information content (AvgIpc) is 2.73. The van der Waals surface area contributed by atoms with Crippen molar-refractivity contribution in [1.29, 1.82) is 0 Å². The molecule has 1 amide bonds. The van der Waals surface area contributed by atoms with Crippen LogP contribution >= 0.6 is 11.8 Å². The Labute approximate surface area is 91.7 Å². The number of nitrogens with two attached hydrogens (primary N) is 2. The van der Waals surface area contributed by atoms with E-state index in [9.17, 15) is 4.79 Å². The van der Waals surface area contributed by atoms with Crippen LogP contribution in [0.4, 0.5) is 0 Å². The molecule has 0 radical (unpaired) electrons.